The summed E-state index contributed by atoms with van der Waals surface area (Å²) in [5, 5.41) is 16.4. The monoisotopic (exact) mass is 735 g/mol. The number of hydrogen-bond acceptors (Lipinski definition) is 3. The van der Waals surface area contributed by atoms with Crippen LogP contribution in [0.4, 0.5) is 11.4 Å². The molecule has 274 valence electrons. The maximum Gasteiger partial charge on any atom is 0.131 e. The van der Waals surface area contributed by atoms with Crippen LogP contribution in [0.1, 0.15) is 35.6 Å². The van der Waals surface area contributed by atoms with Crippen LogP contribution >= 0.6 is 0 Å². The van der Waals surface area contributed by atoms with Crippen LogP contribution in [-0.4, -0.2) is 5.11 Å². The Morgan fingerprint density at radius 2 is 1.18 bits per heavy atom. The molecule has 0 radical (unpaired) electrons. The summed E-state index contributed by atoms with van der Waals surface area (Å²) >= 11 is 0. The lowest BCUT2D eigenvalue weighted by atomic mass is 9.89. The fourth-order valence-electron chi connectivity index (χ4n) is 8.50. The highest BCUT2D eigenvalue weighted by Crippen LogP contribution is 2.43. The van der Waals surface area contributed by atoms with Gasteiger partial charge in [-0.05, 0) is 136 Å². The highest BCUT2D eigenvalue weighted by atomic mass is 16.3. The lowest BCUT2D eigenvalue weighted by molar-refractivity contribution is 0.477. The molecule has 0 saturated carbocycles. The van der Waals surface area contributed by atoms with Crippen LogP contribution in [0.3, 0.4) is 0 Å². The first kappa shape index (κ1) is 34.4. The topological polar surface area (TPSA) is 45.4 Å². The van der Waals surface area contributed by atoms with E-state index in [2.05, 4.69) is 175 Å². The minimum atomic E-state index is 0.227. The van der Waals surface area contributed by atoms with E-state index in [0.29, 0.717) is 5.92 Å². The number of phenols is 1. The molecule has 0 spiro atoms. The average Bonchev–Trinajstić information content (AvgIpc) is 3.65. The number of aromatic hydroxyl groups is 1. The van der Waals surface area contributed by atoms with Crippen molar-refractivity contribution >= 4 is 29.6 Å². The number of nitrogens with one attached hydrogen (secondary N) is 1. The first-order valence-corrected chi connectivity index (χ1v) is 19.8. The van der Waals surface area contributed by atoms with Crippen LogP contribution in [0.2, 0.25) is 0 Å². The third-order valence-corrected chi connectivity index (χ3v) is 11.4. The molecule has 2 N–H and O–H groups in total. The van der Waals surface area contributed by atoms with E-state index in [1.165, 1.54) is 38.6 Å². The van der Waals surface area contributed by atoms with Gasteiger partial charge in [0.1, 0.15) is 16.9 Å². The van der Waals surface area contributed by atoms with E-state index in [0.717, 1.165) is 75.2 Å². The summed E-state index contributed by atoms with van der Waals surface area (Å²) in [4.78, 5) is 0. The van der Waals surface area contributed by atoms with E-state index >= 15 is 0 Å². The molecule has 7 aromatic carbocycles. The summed E-state index contributed by atoms with van der Waals surface area (Å²) in [5.41, 5.74) is 16.3. The van der Waals surface area contributed by atoms with Crippen molar-refractivity contribution in [3.8, 4) is 61.4 Å². The molecule has 3 heteroatoms. The molecule has 2 aliphatic carbocycles. The van der Waals surface area contributed by atoms with E-state index in [1.54, 1.807) is 6.07 Å². The van der Waals surface area contributed by atoms with Gasteiger partial charge in [0.05, 0.1) is 5.69 Å². The molecule has 0 bridgehead atoms. The lowest BCUT2D eigenvalue weighted by Gasteiger charge is -2.18. The van der Waals surface area contributed by atoms with E-state index in [1.807, 2.05) is 18.2 Å². The van der Waals surface area contributed by atoms with Crippen LogP contribution < -0.4 is 16.0 Å². The molecule has 0 aliphatic heterocycles. The molecule has 1 atom stereocenters. The zero-order valence-corrected chi connectivity index (χ0v) is 31.5. The summed E-state index contributed by atoms with van der Waals surface area (Å²) in [5.74, 6) is 1.54. The molecule has 1 heterocycles. The second kappa shape index (κ2) is 14.9. The molecular weight excluding hydrogens is 695 g/mol. The number of anilines is 2. The first-order valence-electron chi connectivity index (χ1n) is 19.8. The lowest BCUT2D eigenvalue weighted by Crippen LogP contribution is -2.27. The molecule has 3 nitrogen and oxygen atoms in total. The van der Waals surface area contributed by atoms with Crippen LogP contribution in [-0.2, 0) is 6.42 Å². The Morgan fingerprint density at radius 1 is 0.561 bits per heavy atom. The maximum absolute atomic E-state index is 11.5. The third kappa shape index (κ3) is 6.79. The van der Waals surface area contributed by atoms with Crippen molar-refractivity contribution < 1.29 is 9.52 Å². The van der Waals surface area contributed by atoms with Crippen LogP contribution in [0.5, 0.6) is 5.75 Å². The number of furan rings is 1. The highest BCUT2D eigenvalue weighted by Gasteiger charge is 2.20. The number of phenolic OH excluding ortho intramolecular Hbond substituents is 1. The van der Waals surface area contributed by atoms with Gasteiger partial charge in [-0.3, -0.25) is 0 Å². The predicted molar refractivity (Wildman–Crippen MR) is 237 cm³/mol. The van der Waals surface area contributed by atoms with E-state index in [-0.39, 0.29) is 5.75 Å². The van der Waals surface area contributed by atoms with Gasteiger partial charge >= 0.3 is 0 Å². The summed E-state index contributed by atoms with van der Waals surface area (Å²) in [6.07, 6.45) is 12.0. The van der Waals surface area contributed by atoms with Gasteiger partial charge in [-0.2, -0.15) is 0 Å². The zero-order valence-electron chi connectivity index (χ0n) is 31.5. The molecule has 0 fully saturated rings. The number of hydrogen-bond donors (Lipinski definition) is 2. The number of rotatable bonds is 8. The highest BCUT2D eigenvalue weighted by molar-refractivity contribution is 5.94. The zero-order chi connectivity index (χ0) is 38.1. The predicted octanol–water partition coefficient (Wildman–Crippen LogP) is 12.8. The summed E-state index contributed by atoms with van der Waals surface area (Å²) < 4.78 is 6.15. The van der Waals surface area contributed by atoms with Crippen LogP contribution in [0.15, 0.2) is 180 Å². The molecule has 10 rings (SSSR count). The van der Waals surface area contributed by atoms with Crippen molar-refractivity contribution in [1.29, 1.82) is 0 Å². The maximum atomic E-state index is 11.5. The fourth-order valence-corrected chi connectivity index (χ4v) is 8.50. The summed E-state index contributed by atoms with van der Waals surface area (Å²) in [6.45, 7) is 0. The molecule has 8 aromatic rings. The van der Waals surface area contributed by atoms with Crippen molar-refractivity contribution in [3.63, 3.8) is 0 Å². The van der Waals surface area contributed by atoms with Crippen molar-refractivity contribution in [3.05, 3.63) is 203 Å². The van der Waals surface area contributed by atoms with E-state index < -0.39 is 0 Å². The minimum absolute atomic E-state index is 0.227. The largest absolute Gasteiger partial charge is 0.507 e. The van der Waals surface area contributed by atoms with Gasteiger partial charge in [0.15, 0.2) is 0 Å². The number of allylic oxidation sites excluding steroid dienone is 1. The molecule has 57 heavy (non-hydrogen) atoms. The SMILES string of the molecule is Oc1cccc(Nc2ccc(C3C=c4c5c(oc4=CC3)C=CCC5)cc2)c1-c1ccccc1-c1cccc(-c2cc(-c3ccccc3)cc(-c3ccccc3)c2)c1. The van der Waals surface area contributed by atoms with Gasteiger partial charge < -0.3 is 14.8 Å². The van der Waals surface area contributed by atoms with Crippen LogP contribution in [0, 0.1) is 0 Å². The Labute approximate surface area is 333 Å². The Morgan fingerprint density at radius 3 is 1.91 bits per heavy atom. The molecule has 0 amide bonds. The van der Waals surface area contributed by atoms with Gasteiger partial charge in [0.25, 0.3) is 0 Å². The van der Waals surface area contributed by atoms with Crippen LogP contribution in [0.25, 0.3) is 73.9 Å². The second-order valence-corrected chi connectivity index (χ2v) is 15.0. The smallest absolute Gasteiger partial charge is 0.131 e. The van der Waals surface area contributed by atoms with Gasteiger partial charge in [-0.1, -0.05) is 133 Å². The Balaban J connectivity index is 0.978. The summed E-state index contributed by atoms with van der Waals surface area (Å²) in [7, 11) is 0. The second-order valence-electron chi connectivity index (χ2n) is 15.0. The molecule has 1 unspecified atom stereocenters. The Kier molecular flexibility index (Phi) is 8.97. The molecule has 0 saturated heterocycles. The van der Waals surface area contributed by atoms with Gasteiger partial charge in [-0.15, -0.1) is 0 Å². The van der Waals surface area contributed by atoms with E-state index in [4.69, 9.17) is 4.42 Å². The number of fused-ring (bicyclic) bond motifs is 3. The first-order chi connectivity index (χ1) is 28.1. The van der Waals surface area contributed by atoms with Crippen molar-refractivity contribution in [1.82, 2.24) is 0 Å². The molecule has 1 aromatic heterocycles. The standard InChI is InChI=1S/C54H41NO2/c56-51-23-12-22-50(55-45-28-25-38(26-29-45)40-27-30-53-49(35-40)47-20-9-10-24-52(47)57-53)54(51)48-21-8-7-19-46(48)41-18-11-17-39(31-41)44-33-42(36-13-3-1-4-14-36)32-43(34-44)37-15-5-2-6-16-37/h1-8,10-19,21-26,28-35,40,55-56H,9,20,27H2. The normalized spacial score (nSPS) is 14.2. The van der Waals surface area contributed by atoms with Gasteiger partial charge in [0.2, 0.25) is 0 Å². The Hall–Kier alpha value is -7.10. The molecule has 2 aliphatic rings. The minimum Gasteiger partial charge on any atom is -0.507 e. The summed E-state index contributed by atoms with van der Waals surface area (Å²) in [6, 6.07) is 59.5. The third-order valence-electron chi connectivity index (χ3n) is 11.4. The van der Waals surface area contributed by atoms with Crippen molar-refractivity contribution in [2.45, 2.75) is 25.2 Å². The quantitative estimate of drug-likeness (QED) is 0.163. The van der Waals surface area contributed by atoms with Crippen molar-refractivity contribution in [2.24, 2.45) is 0 Å². The van der Waals surface area contributed by atoms with Gasteiger partial charge in [-0.25, -0.2) is 0 Å². The van der Waals surface area contributed by atoms with Crippen molar-refractivity contribution in [2.75, 3.05) is 5.32 Å². The molecular formula is C54H41NO2. The fraction of sp³-hybridized carbons (Fsp3) is 0.0741. The average molecular weight is 736 g/mol. The number of benzene rings is 7. The van der Waals surface area contributed by atoms with Gasteiger partial charge in [0, 0.05) is 28.0 Å². The Bertz CT molecular complexity index is 2840. The van der Waals surface area contributed by atoms with E-state index in [9.17, 15) is 5.11 Å².